The third-order valence-electron chi connectivity index (χ3n) is 5.36. The summed E-state index contributed by atoms with van der Waals surface area (Å²) in [4.78, 5) is 26.3. The quantitative estimate of drug-likeness (QED) is 0.543. The van der Waals surface area contributed by atoms with Gasteiger partial charge < -0.3 is 10.1 Å². The lowest BCUT2D eigenvalue weighted by Gasteiger charge is -2.22. The first-order valence-corrected chi connectivity index (χ1v) is 13.5. The maximum atomic E-state index is 12.7. The van der Waals surface area contributed by atoms with Gasteiger partial charge in [0, 0.05) is 17.8 Å². The minimum atomic E-state index is -3.48. The zero-order valence-electron chi connectivity index (χ0n) is 18.8. The molecule has 0 unspecified atom stereocenters. The summed E-state index contributed by atoms with van der Waals surface area (Å²) in [6, 6.07) is 7.27. The van der Waals surface area contributed by atoms with Gasteiger partial charge in [0.25, 0.3) is 0 Å². The molecule has 1 aromatic heterocycles. The third kappa shape index (κ3) is 5.89. The van der Waals surface area contributed by atoms with Crippen molar-refractivity contribution in [2.45, 2.75) is 52.4 Å². The summed E-state index contributed by atoms with van der Waals surface area (Å²) < 4.78 is 31.1. The molecule has 0 spiro atoms. The molecule has 1 heterocycles. The second-order valence-corrected chi connectivity index (χ2v) is 11.0. The number of amides is 1. The van der Waals surface area contributed by atoms with Gasteiger partial charge in [-0.25, -0.2) is 13.2 Å². The molecule has 0 saturated heterocycles. The van der Waals surface area contributed by atoms with Crippen LogP contribution in [0.1, 0.15) is 59.0 Å². The van der Waals surface area contributed by atoms with Crippen LogP contribution in [0.25, 0.3) is 0 Å². The molecule has 7 nitrogen and oxygen atoms in total. The van der Waals surface area contributed by atoms with E-state index in [4.69, 9.17) is 4.74 Å². The highest BCUT2D eigenvalue weighted by Crippen LogP contribution is 2.38. The van der Waals surface area contributed by atoms with E-state index >= 15 is 0 Å². The molecule has 1 aliphatic rings. The zero-order chi connectivity index (χ0) is 23.3. The van der Waals surface area contributed by atoms with Crippen molar-refractivity contribution in [1.82, 2.24) is 0 Å². The van der Waals surface area contributed by atoms with Crippen LogP contribution in [-0.2, 0) is 32.4 Å². The van der Waals surface area contributed by atoms with Crippen molar-refractivity contribution in [3.8, 4) is 0 Å². The number of hydrogen-bond acceptors (Lipinski definition) is 6. The van der Waals surface area contributed by atoms with E-state index < -0.39 is 16.0 Å². The molecule has 3 rings (SSSR count). The molecule has 32 heavy (non-hydrogen) atoms. The maximum Gasteiger partial charge on any atom is 0.341 e. The summed E-state index contributed by atoms with van der Waals surface area (Å²) in [5.41, 5.74) is 3.03. The first-order valence-electron chi connectivity index (χ1n) is 10.9. The van der Waals surface area contributed by atoms with E-state index in [2.05, 4.69) is 5.32 Å². The Hall–Kier alpha value is -2.39. The van der Waals surface area contributed by atoms with Crippen LogP contribution in [0.5, 0.6) is 0 Å². The Labute approximate surface area is 193 Å². The number of aryl methyl sites for hydroxylation is 2. The van der Waals surface area contributed by atoms with E-state index in [1.165, 1.54) is 15.6 Å². The molecule has 1 aliphatic carbocycles. The molecule has 1 N–H and O–H groups in total. The molecule has 0 bridgehead atoms. The Morgan fingerprint density at radius 2 is 1.97 bits per heavy atom. The number of anilines is 2. The summed E-state index contributed by atoms with van der Waals surface area (Å²) in [7, 11) is -3.48. The van der Waals surface area contributed by atoms with E-state index in [1.54, 1.807) is 13.0 Å². The van der Waals surface area contributed by atoms with Crippen molar-refractivity contribution in [1.29, 1.82) is 0 Å². The van der Waals surface area contributed by atoms with Gasteiger partial charge in [0.05, 0.1) is 24.1 Å². The van der Waals surface area contributed by atoms with Crippen LogP contribution in [0.2, 0.25) is 0 Å². The molecule has 2 aromatic rings. The predicted octanol–water partition coefficient (Wildman–Crippen LogP) is 4.30. The minimum absolute atomic E-state index is 0.142. The molecular formula is C23H30N2O5S2. The van der Waals surface area contributed by atoms with Crippen molar-refractivity contribution >= 4 is 43.9 Å². The van der Waals surface area contributed by atoms with Gasteiger partial charge in [0.2, 0.25) is 15.9 Å². The average molecular weight is 479 g/mol. The van der Waals surface area contributed by atoms with Crippen LogP contribution in [0.15, 0.2) is 24.3 Å². The Morgan fingerprint density at radius 1 is 1.22 bits per heavy atom. The number of nitrogens with one attached hydrogen (secondary N) is 1. The average Bonchev–Trinajstić information content (AvgIpc) is 3.08. The first kappa shape index (κ1) is 24.3. The van der Waals surface area contributed by atoms with Gasteiger partial charge in [-0.3, -0.25) is 9.10 Å². The van der Waals surface area contributed by atoms with Crippen LogP contribution in [0.4, 0.5) is 10.7 Å². The molecule has 1 amide bonds. The smallest absolute Gasteiger partial charge is 0.341 e. The maximum absolute atomic E-state index is 12.7. The standard InChI is InChI=1S/C23H30N2O5S2/c1-4-30-23(27)21-18-11-5-6-12-19(18)31-22(21)24-20(26)13-8-14-25(32(3,28)29)17-10-7-9-16(2)15-17/h7,9-10,15H,4-6,8,11-14H2,1-3H3,(H,24,26). The number of benzene rings is 1. The number of hydrogen-bond donors (Lipinski definition) is 1. The number of carbonyl (C=O) groups is 2. The summed E-state index contributed by atoms with van der Waals surface area (Å²) >= 11 is 1.45. The third-order valence-corrected chi connectivity index (χ3v) is 7.76. The van der Waals surface area contributed by atoms with Gasteiger partial charge in [-0.15, -0.1) is 11.3 Å². The number of nitrogens with zero attached hydrogens (tertiary/aromatic N) is 1. The fourth-order valence-electron chi connectivity index (χ4n) is 3.91. The van der Waals surface area contributed by atoms with E-state index in [9.17, 15) is 18.0 Å². The Bertz CT molecular complexity index is 1090. The fraction of sp³-hybridized carbons (Fsp3) is 0.478. The van der Waals surface area contributed by atoms with Crippen molar-refractivity contribution in [2.75, 3.05) is 29.0 Å². The molecule has 9 heteroatoms. The molecule has 0 fully saturated rings. The highest BCUT2D eigenvalue weighted by Gasteiger charge is 2.27. The van der Waals surface area contributed by atoms with Gasteiger partial charge in [0.1, 0.15) is 5.00 Å². The van der Waals surface area contributed by atoms with Crippen LogP contribution in [-0.4, -0.2) is 39.7 Å². The molecule has 174 valence electrons. The van der Waals surface area contributed by atoms with Crippen LogP contribution in [0.3, 0.4) is 0 Å². The van der Waals surface area contributed by atoms with E-state index in [-0.39, 0.29) is 25.5 Å². The highest BCUT2D eigenvalue weighted by atomic mass is 32.2. The molecule has 0 aliphatic heterocycles. The first-order chi connectivity index (χ1) is 15.2. The number of rotatable bonds is 9. The normalized spacial score (nSPS) is 13.3. The monoisotopic (exact) mass is 478 g/mol. The summed E-state index contributed by atoms with van der Waals surface area (Å²) in [5, 5.41) is 3.42. The predicted molar refractivity (Wildman–Crippen MR) is 128 cm³/mol. The second-order valence-electron chi connectivity index (χ2n) is 7.96. The number of esters is 1. The fourth-order valence-corrected chi connectivity index (χ4v) is 6.17. The van der Waals surface area contributed by atoms with Gasteiger partial charge in [-0.1, -0.05) is 12.1 Å². The molecule has 0 saturated carbocycles. The Morgan fingerprint density at radius 3 is 2.66 bits per heavy atom. The van der Waals surface area contributed by atoms with Gasteiger partial charge in [0.15, 0.2) is 0 Å². The SMILES string of the molecule is CCOC(=O)c1c(NC(=O)CCCN(c2cccc(C)c2)S(C)(=O)=O)sc2c1CCCC2. The van der Waals surface area contributed by atoms with Crippen molar-refractivity contribution < 1.29 is 22.7 Å². The van der Waals surface area contributed by atoms with Gasteiger partial charge in [-0.2, -0.15) is 0 Å². The Balaban J connectivity index is 1.68. The second kappa shape index (κ2) is 10.5. The molecule has 0 atom stereocenters. The van der Waals surface area contributed by atoms with Crippen molar-refractivity contribution in [3.05, 3.63) is 45.8 Å². The van der Waals surface area contributed by atoms with Crippen LogP contribution < -0.4 is 9.62 Å². The molecular weight excluding hydrogens is 448 g/mol. The van der Waals surface area contributed by atoms with Crippen molar-refractivity contribution in [2.24, 2.45) is 0 Å². The number of sulfonamides is 1. The lowest BCUT2D eigenvalue weighted by atomic mass is 9.95. The van der Waals surface area contributed by atoms with Gasteiger partial charge >= 0.3 is 5.97 Å². The summed E-state index contributed by atoms with van der Waals surface area (Å²) in [6.07, 6.45) is 5.47. The summed E-state index contributed by atoms with van der Waals surface area (Å²) in [5.74, 6) is -0.642. The van der Waals surface area contributed by atoms with E-state index in [0.717, 1.165) is 47.9 Å². The zero-order valence-corrected chi connectivity index (χ0v) is 20.4. The largest absolute Gasteiger partial charge is 0.462 e. The van der Waals surface area contributed by atoms with Crippen LogP contribution in [0, 0.1) is 6.92 Å². The topological polar surface area (TPSA) is 92.8 Å². The lowest BCUT2D eigenvalue weighted by Crippen LogP contribution is -2.31. The summed E-state index contributed by atoms with van der Waals surface area (Å²) in [6.45, 7) is 4.13. The lowest BCUT2D eigenvalue weighted by molar-refractivity contribution is -0.116. The number of thiophene rings is 1. The number of ether oxygens (including phenoxy) is 1. The highest BCUT2D eigenvalue weighted by molar-refractivity contribution is 7.92. The molecule has 0 radical (unpaired) electrons. The Kier molecular flexibility index (Phi) is 7.95. The van der Waals surface area contributed by atoms with E-state index in [0.29, 0.717) is 22.7 Å². The molecule has 1 aromatic carbocycles. The number of carbonyl (C=O) groups excluding carboxylic acids is 2. The van der Waals surface area contributed by atoms with E-state index in [1.807, 2.05) is 25.1 Å². The minimum Gasteiger partial charge on any atom is -0.462 e. The number of fused-ring (bicyclic) bond motifs is 1. The van der Waals surface area contributed by atoms with Gasteiger partial charge in [-0.05, 0) is 69.2 Å². The van der Waals surface area contributed by atoms with Crippen LogP contribution >= 0.6 is 11.3 Å². The van der Waals surface area contributed by atoms with Crippen molar-refractivity contribution in [3.63, 3.8) is 0 Å².